The normalized spacial score (nSPS) is 10.5. The van der Waals surface area contributed by atoms with Gasteiger partial charge >= 0.3 is 0 Å². The van der Waals surface area contributed by atoms with E-state index < -0.39 is 0 Å². The first-order valence-electron chi connectivity index (χ1n) is 8.08. The number of nitriles is 1. The van der Waals surface area contributed by atoms with Crippen LogP contribution >= 0.6 is 0 Å². The summed E-state index contributed by atoms with van der Waals surface area (Å²) in [6, 6.07) is 17.7. The van der Waals surface area contributed by atoms with Gasteiger partial charge in [0.05, 0.1) is 0 Å². The van der Waals surface area contributed by atoms with Gasteiger partial charge in [-0.25, -0.2) is 0 Å². The SMILES string of the molecule is CCN(CC)C(=O)c1ccc(-c2ccc3[nH]c(C#N)cc3c2)cc1. The Balaban J connectivity index is 1.90. The van der Waals surface area contributed by atoms with Crippen LogP contribution in [-0.4, -0.2) is 28.9 Å². The minimum Gasteiger partial charge on any atom is -0.346 e. The molecule has 0 saturated carbocycles. The number of amides is 1. The van der Waals surface area contributed by atoms with Gasteiger partial charge in [0, 0.05) is 29.6 Å². The van der Waals surface area contributed by atoms with Crippen LogP contribution in [0.3, 0.4) is 0 Å². The van der Waals surface area contributed by atoms with Gasteiger partial charge in [-0.2, -0.15) is 5.26 Å². The molecule has 4 nitrogen and oxygen atoms in total. The van der Waals surface area contributed by atoms with Gasteiger partial charge in [-0.05, 0) is 55.3 Å². The second kappa shape index (κ2) is 6.59. The number of aromatic nitrogens is 1. The molecule has 0 atom stereocenters. The minimum atomic E-state index is 0.0614. The third kappa shape index (κ3) is 2.89. The van der Waals surface area contributed by atoms with Crippen molar-refractivity contribution < 1.29 is 4.79 Å². The average molecular weight is 317 g/mol. The molecule has 0 bridgehead atoms. The summed E-state index contributed by atoms with van der Waals surface area (Å²) in [7, 11) is 0. The number of fused-ring (bicyclic) bond motifs is 1. The third-order valence-electron chi connectivity index (χ3n) is 4.26. The van der Waals surface area contributed by atoms with Crippen molar-refractivity contribution in [2.45, 2.75) is 13.8 Å². The molecular weight excluding hydrogens is 298 g/mol. The molecule has 3 rings (SSSR count). The van der Waals surface area contributed by atoms with Crippen molar-refractivity contribution in [3.8, 4) is 17.2 Å². The monoisotopic (exact) mass is 317 g/mol. The van der Waals surface area contributed by atoms with E-state index in [-0.39, 0.29) is 5.91 Å². The Kier molecular flexibility index (Phi) is 4.35. The molecule has 0 spiro atoms. The van der Waals surface area contributed by atoms with Gasteiger partial charge in [-0.1, -0.05) is 18.2 Å². The topological polar surface area (TPSA) is 59.9 Å². The van der Waals surface area contributed by atoms with Crippen LogP contribution in [0.25, 0.3) is 22.0 Å². The number of nitrogens with zero attached hydrogens (tertiary/aromatic N) is 2. The fraction of sp³-hybridized carbons (Fsp3) is 0.200. The first kappa shape index (κ1) is 15.8. The molecule has 4 heteroatoms. The summed E-state index contributed by atoms with van der Waals surface area (Å²) in [5.41, 5.74) is 4.32. The summed E-state index contributed by atoms with van der Waals surface area (Å²) < 4.78 is 0. The maximum absolute atomic E-state index is 12.4. The molecule has 1 aromatic heterocycles. The van der Waals surface area contributed by atoms with E-state index in [1.165, 1.54) is 0 Å². The zero-order valence-electron chi connectivity index (χ0n) is 13.8. The molecule has 24 heavy (non-hydrogen) atoms. The van der Waals surface area contributed by atoms with Gasteiger partial charge in [0.15, 0.2) is 0 Å². The van der Waals surface area contributed by atoms with Crippen molar-refractivity contribution in [3.05, 3.63) is 59.8 Å². The number of aromatic amines is 1. The standard InChI is InChI=1S/C20H19N3O/c1-3-23(4-2)20(24)15-7-5-14(6-8-15)16-9-10-19-17(11-16)12-18(13-21)22-19/h5-12,22H,3-4H2,1-2H3. The number of hydrogen-bond donors (Lipinski definition) is 1. The summed E-state index contributed by atoms with van der Waals surface area (Å²) >= 11 is 0. The van der Waals surface area contributed by atoms with Gasteiger partial charge in [-0.3, -0.25) is 4.79 Å². The summed E-state index contributed by atoms with van der Waals surface area (Å²) in [4.78, 5) is 17.2. The molecule has 1 amide bonds. The molecule has 0 aliphatic heterocycles. The van der Waals surface area contributed by atoms with E-state index in [1.807, 2.05) is 67.3 Å². The lowest BCUT2D eigenvalue weighted by atomic mass is 10.0. The quantitative estimate of drug-likeness (QED) is 0.784. The number of carbonyl (C=O) groups is 1. The molecule has 2 aromatic carbocycles. The van der Waals surface area contributed by atoms with Gasteiger partial charge in [0.2, 0.25) is 0 Å². The molecule has 3 aromatic rings. The zero-order chi connectivity index (χ0) is 17.1. The van der Waals surface area contributed by atoms with Crippen LogP contribution in [0.4, 0.5) is 0 Å². The largest absolute Gasteiger partial charge is 0.346 e. The van der Waals surface area contributed by atoms with Gasteiger partial charge in [0.25, 0.3) is 5.91 Å². The lowest BCUT2D eigenvalue weighted by Gasteiger charge is -2.18. The minimum absolute atomic E-state index is 0.0614. The van der Waals surface area contributed by atoms with Crippen LogP contribution in [0, 0.1) is 11.3 Å². The Bertz CT molecular complexity index is 912. The van der Waals surface area contributed by atoms with Crippen molar-refractivity contribution in [3.63, 3.8) is 0 Å². The summed E-state index contributed by atoms with van der Waals surface area (Å²) in [5, 5.41) is 9.98. The molecule has 120 valence electrons. The van der Waals surface area contributed by atoms with Crippen molar-refractivity contribution >= 4 is 16.8 Å². The molecule has 0 aliphatic rings. The van der Waals surface area contributed by atoms with E-state index in [2.05, 4.69) is 11.1 Å². The number of hydrogen-bond acceptors (Lipinski definition) is 2. The predicted octanol–water partition coefficient (Wildman–Crippen LogP) is 4.19. The van der Waals surface area contributed by atoms with E-state index in [0.717, 1.165) is 22.0 Å². The molecule has 0 aliphatic carbocycles. The van der Waals surface area contributed by atoms with E-state index in [1.54, 1.807) is 0 Å². The van der Waals surface area contributed by atoms with E-state index in [4.69, 9.17) is 5.26 Å². The second-order valence-electron chi connectivity index (χ2n) is 5.65. The first-order chi connectivity index (χ1) is 11.7. The highest BCUT2D eigenvalue weighted by Gasteiger charge is 2.12. The molecule has 0 fully saturated rings. The van der Waals surface area contributed by atoms with Crippen LogP contribution in [0.2, 0.25) is 0 Å². The lowest BCUT2D eigenvalue weighted by molar-refractivity contribution is 0.0773. The number of carbonyl (C=O) groups excluding carboxylic acids is 1. The molecule has 0 radical (unpaired) electrons. The Labute approximate surface area is 141 Å². The Morgan fingerprint density at radius 2 is 1.71 bits per heavy atom. The summed E-state index contributed by atoms with van der Waals surface area (Å²) in [6.07, 6.45) is 0. The zero-order valence-corrected chi connectivity index (χ0v) is 13.8. The first-order valence-corrected chi connectivity index (χ1v) is 8.08. The maximum atomic E-state index is 12.4. The smallest absolute Gasteiger partial charge is 0.253 e. The van der Waals surface area contributed by atoms with Crippen molar-refractivity contribution in [2.24, 2.45) is 0 Å². The Morgan fingerprint density at radius 1 is 1.04 bits per heavy atom. The summed E-state index contributed by atoms with van der Waals surface area (Å²) in [6.45, 7) is 5.39. The van der Waals surface area contributed by atoms with E-state index in [0.29, 0.717) is 24.3 Å². The third-order valence-corrected chi connectivity index (χ3v) is 4.26. The molecule has 0 saturated heterocycles. The molecule has 1 heterocycles. The lowest BCUT2D eigenvalue weighted by Crippen LogP contribution is -2.30. The highest BCUT2D eigenvalue weighted by atomic mass is 16.2. The Hall–Kier alpha value is -3.06. The fourth-order valence-electron chi connectivity index (χ4n) is 2.87. The maximum Gasteiger partial charge on any atom is 0.253 e. The summed E-state index contributed by atoms with van der Waals surface area (Å²) in [5.74, 6) is 0.0614. The van der Waals surface area contributed by atoms with E-state index in [9.17, 15) is 4.79 Å². The van der Waals surface area contributed by atoms with Crippen LogP contribution in [0.5, 0.6) is 0 Å². The fourth-order valence-corrected chi connectivity index (χ4v) is 2.87. The highest BCUT2D eigenvalue weighted by Crippen LogP contribution is 2.25. The number of nitrogens with one attached hydrogen (secondary N) is 1. The number of H-pyrrole nitrogens is 1. The predicted molar refractivity (Wildman–Crippen MR) is 95.7 cm³/mol. The number of rotatable bonds is 4. The van der Waals surface area contributed by atoms with Gasteiger partial charge in [0.1, 0.15) is 11.8 Å². The molecule has 0 unspecified atom stereocenters. The Morgan fingerprint density at radius 3 is 2.33 bits per heavy atom. The van der Waals surface area contributed by atoms with Crippen molar-refractivity contribution in [1.29, 1.82) is 5.26 Å². The van der Waals surface area contributed by atoms with E-state index >= 15 is 0 Å². The highest BCUT2D eigenvalue weighted by molar-refractivity contribution is 5.95. The van der Waals surface area contributed by atoms with Gasteiger partial charge < -0.3 is 9.88 Å². The number of benzene rings is 2. The van der Waals surface area contributed by atoms with Crippen molar-refractivity contribution in [1.82, 2.24) is 9.88 Å². The van der Waals surface area contributed by atoms with Gasteiger partial charge in [-0.15, -0.1) is 0 Å². The van der Waals surface area contributed by atoms with Crippen molar-refractivity contribution in [2.75, 3.05) is 13.1 Å². The molecule has 1 N–H and O–H groups in total. The van der Waals surface area contributed by atoms with Crippen LogP contribution < -0.4 is 0 Å². The average Bonchev–Trinajstić information content (AvgIpc) is 3.05. The van der Waals surface area contributed by atoms with Crippen LogP contribution in [0.1, 0.15) is 29.9 Å². The second-order valence-corrected chi connectivity index (χ2v) is 5.65. The van der Waals surface area contributed by atoms with Crippen LogP contribution in [-0.2, 0) is 0 Å². The van der Waals surface area contributed by atoms with Crippen LogP contribution in [0.15, 0.2) is 48.5 Å². The molecular formula is C20H19N3O.